The van der Waals surface area contributed by atoms with Crippen LogP contribution in [0.4, 0.5) is 4.79 Å². The summed E-state index contributed by atoms with van der Waals surface area (Å²) in [5.74, 6) is -0.446. The van der Waals surface area contributed by atoms with Crippen LogP contribution in [0.2, 0.25) is 0 Å². The average Bonchev–Trinajstić information content (AvgIpc) is 2.82. The Morgan fingerprint density at radius 1 is 1.45 bits per heavy atom. The molecule has 0 aliphatic carbocycles. The molecule has 1 aromatic rings. The zero-order valence-electron chi connectivity index (χ0n) is 12.2. The normalized spacial score (nSPS) is 12.8. The molecule has 0 aliphatic heterocycles. The lowest BCUT2D eigenvalue weighted by molar-refractivity contribution is -0.144. The summed E-state index contributed by atoms with van der Waals surface area (Å²) >= 11 is 0. The summed E-state index contributed by atoms with van der Waals surface area (Å²) in [6, 6.07) is -0.908. The number of carbonyl (C=O) groups excluding carboxylic acids is 1. The standard InChI is InChI=1S/C12H21N5O3/c1-5-12(6-2,10(18)19)15-11(20)14-8(3)9-16-13-7-17(9)4/h7-8H,5-6H2,1-4H3,(H,18,19)(H2,14,15,20). The topological polar surface area (TPSA) is 109 Å². The molecular weight excluding hydrogens is 262 g/mol. The van der Waals surface area contributed by atoms with Crippen LogP contribution in [0.25, 0.3) is 0 Å². The summed E-state index contributed by atoms with van der Waals surface area (Å²) in [5, 5.41) is 22.1. The van der Waals surface area contributed by atoms with Gasteiger partial charge in [-0.15, -0.1) is 10.2 Å². The van der Waals surface area contributed by atoms with Crippen molar-refractivity contribution in [3.05, 3.63) is 12.2 Å². The molecule has 1 atom stereocenters. The van der Waals surface area contributed by atoms with Crippen LogP contribution < -0.4 is 10.6 Å². The predicted molar refractivity (Wildman–Crippen MR) is 72.0 cm³/mol. The smallest absolute Gasteiger partial charge is 0.329 e. The van der Waals surface area contributed by atoms with Crippen LogP contribution in [0, 0.1) is 0 Å². The molecule has 2 amide bonds. The van der Waals surface area contributed by atoms with E-state index in [9.17, 15) is 14.7 Å². The van der Waals surface area contributed by atoms with E-state index in [2.05, 4.69) is 20.8 Å². The lowest BCUT2D eigenvalue weighted by atomic mass is 9.93. The van der Waals surface area contributed by atoms with Crippen molar-refractivity contribution < 1.29 is 14.7 Å². The molecule has 0 fully saturated rings. The highest BCUT2D eigenvalue weighted by Gasteiger charge is 2.36. The molecule has 8 heteroatoms. The lowest BCUT2D eigenvalue weighted by Gasteiger charge is -2.28. The van der Waals surface area contributed by atoms with E-state index in [1.54, 1.807) is 32.4 Å². The molecule has 3 N–H and O–H groups in total. The first-order valence-electron chi connectivity index (χ1n) is 6.52. The van der Waals surface area contributed by atoms with Crippen molar-refractivity contribution in [2.45, 2.75) is 45.2 Å². The van der Waals surface area contributed by atoms with E-state index >= 15 is 0 Å². The Kier molecular flexibility index (Phi) is 5.06. The van der Waals surface area contributed by atoms with Crippen LogP contribution in [0.1, 0.15) is 45.5 Å². The lowest BCUT2D eigenvalue weighted by Crippen LogP contribution is -2.56. The van der Waals surface area contributed by atoms with Crippen LogP contribution >= 0.6 is 0 Å². The van der Waals surface area contributed by atoms with Gasteiger partial charge in [0.1, 0.15) is 11.9 Å². The van der Waals surface area contributed by atoms with Gasteiger partial charge in [-0.3, -0.25) is 0 Å². The largest absolute Gasteiger partial charge is 0.480 e. The minimum absolute atomic E-state index is 0.310. The number of carboxylic acids is 1. The van der Waals surface area contributed by atoms with Crippen LogP contribution in [-0.2, 0) is 11.8 Å². The number of carboxylic acid groups (broad SMARTS) is 1. The number of nitrogens with zero attached hydrogens (tertiary/aromatic N) is 3. The monoisotopic (exact) mass is 283 g/mol. The molecule has 20 heavy (non-hydrogen) atoms. The zero-order valence-corrected chi connectivity index (χ0v) is 12.2. The third-order valence-corrected chi connectivity index (χ3v) is 3.45. The average molecular weight is 283 g/mol. The van der Waals surface area contributed by atoms with Crippen molar-refractivity contribution >= 4 is 12.0 Å². The van der Waals surface area contributed by atoms with Crippen LogP contribution in [-0.4, -0.2) is 37.4 Å². The van der Waals surface area contributed by atoms with Crippen molar-refractivity contribution in [1.82, 2.24) is 25.4 Å². The third kappa shape index (κ3) is 3.25. The first-order valence-corrected chi connectivity index (χ1v) is 6.52. The van der Waals surface area contributed by atoms with Gasteiger partial charge in [-0.1, -0.05) is 13.8 Å². The van der Waals surface area contributed by atoms with E-state index in [0.29, 0.717) is 18.7 Å². The van der Waals surface area contributed by atoms with Gasteiger partial charge in [0.25, 0.3) is 0 Å². The fourth-order valence-electron chi connectivity index (χ4n) is 1.98. The van der Waals surface area contributed by atoms with E-state index in [1.807, 2.05) is 0 Å². The predicted octanol–water partition coefficient (Wildman–Crippen LogP) is 0.819. The molecule has 0 saturated heterocycles. The van der Waals surface area contributed by atoms with Crippen molar-refractivity contribution in [1.29, 1.82) is 0 Å². The SMILES string of the molecule is CCC(CC)(NC(=O)NC(C)c1nncn1C)C(=O)O. The third-order valence-electron chi connectivity index (χ3n) is 3.45. The Hall–Kier alpha value is -2.12. The highest BCUT2D eigenvalue weighted by Crippen LogP contribution is 2.16. The number of urea groups is 1. The van der Waals surface area contributed by atoms with E-state index in [0.717, 1.165) is 0 Å². The number of nitrogens with one attached hydrogen (secondary N) is 2. The molecule has 1 rings (SSSR count). The highest BCUT2D eigenvalue weighted by atomic mass is 16.4. The van der Waals surface area contributed by atoms with Crippen molar-refractivity contribution in [3.8, 4) is 0 Å². The van der Waals surface area contributed by atoms with Crippen molar-refractivity contribution in [2.75, 3.05) is 0 Å². The van der Waals surface area contributed by atoms with Gasteiger partial charge < -0.3 is 20.3 Å². The summed E-state index contributed by atoms with van der Waals surface area (Å²) < 4.78 is 1.69. The number of carbonyl (C=O) groups is 2. The van der Waals surface area contributed by atoms with E-state index in [1.165, 1.54) is 6.33 Å². The summed E-state index contributed by atoms with van der Waals surface area (Å²) in [6.45, 7) is 5.21. The van der Waals surface area contributed by atoms with Gasteiger partial charge in [0.15, 0.2) is 5.82 Å². The molecule has 1 heterocycles. The Morgan fingerprint density at radius 2 is 2.05 bits per heavy atom. The van der Waals surface area contributed by atoms with Crippen LogP contribution in [0.5, 0.6) is 0 Å². The minimum Gasteiger partial charge on any atom is -0.480 e. The maximum Gasteiger partial charge on any atom is 0.329 e. The number of aryl methyl sites for hydroxylation is 1. The number of hydrogen-bond acceptors (Lipinski definition) is 4. The van der Waals surface area contributed by atoms with Gasteiger partial charge in [-0.2, -0.15) is 0 Å². The molecule has 1 aromatic heterocycles. The quantitative estimate of drug-likeness (QED) is 0.716. The van der Waals surface area contributed by atoms with Crippen molar-refractivity contribution in [3.63, 3.8) is 0 Å². The second-order valence-corrected chi connectivity index (χ2v) is 4.71. The molecule has 0 spiro atoms. The molecule has 0 aliphatic rings. The fourth-order valence-corrected chi connectivity index (χ4v) is 1.98. The molecule has 0 aromatic carbocycles. The zero-order chi connectivity index (χ0) is 15.3. The van der Waals surface area contributed by atoms with E-state index in [-0.39, 0.29) is 6.04 Å². The van der Waals surface area contributed by atoms with Crippen LogP contribution in [0.3, 0.4) is 0 Å². The molecule has 112 valence electrons. The molecule has 0 radical (unpaired) electrons. The summed E-state index contributed by atoms with van der Waals surface area (Å²) in [5.41, 5.74) is -1.25. The molecule has 8 nitrogen and oxygen atoms in total. The van der Waals surface area contributed by atoms with Crippen molar-refractivity contribution in [2.24, 2.45) is 7.05 Å². The van der Waals surface area contributed by atoms with Gasteiger partial charge in [-0.05, 0) is 19.8 Å². The Morgan fingerprint density at radius 3 is 2.45 bits per heavy atom. The van der Waals surface area contributed by atoms with Gasteiger partial charge in [0.2, 0.25) is 0 Å². The second kappa shape index (κ2) is 6.36. The Labute approximate surface area is 117 Å². The molecule has 0 saturated carbocycles. The number of aromatic nitrogens is 3. The number of hydrogen-bond donors (Lipinski definition) is 3. The Balaban J connectivity index is 2.72. The number of rotatable bonds is 6. The first-order chi connectivity index (χ1) is 9.36. The molecule has 1 unspecified atom stereocenters. The van der Waals surface area contributed by atoms with E-state index < -0.39 is 17.5 Å². The minimum atomic E-state index is -1.25. The van der Waals surface area contributed by atoms with Gasteiger partial charge in [-0.25, -0.2) is 9.59 Å². The van der Waals surface area contributed by atoms with Gasteiger partial charge in [0.05, 0.1) is 6.04 Å². The summed E-state index contributed by atoms with van der Waals surface area (Å²) in [7, 11) is 1.77. The maximum atomic E-state index is 12.0. The summed E-state index contributed by atoms with van der Waals surface area (Å²) in [6.07, 6.45) is 2.15. The van der Waals surface area contributed by atoms with E-state index in [4.69, 9.17) is 0 Å². The second-order valence-electron chi connectivity index (χ2n) is 4.71. The molecule has 0 bridgehead atoms. The number of amides is 2. The molecular formula is C12H21N5O3. The highest BCUT2D eigenvalue weighted by molar-refractivity contribution is 5.86. The van der Waals surface area contributed by atoms with Crippen LogP contribution in [0.15, 0.2) is 6.33 Å². The van der Waals surface area contributed by atoms with Gasteiger partial charge >= 0.3 is 12.0 Å². The maximum absolute atomic E-state index is 12.0. The Bertz CT molecular complexity index is 481. The first kappa shape index (κ1) is 15.9. The fraction of sp³-hybridized carbons (Fsp3) is 0.667. The van der Waals surface area contributed by atoms with Gasteiger partial charge in [0, 0.05) is 7.05 Å². The number of aliphatic carboxylic acids is 1. The summed E-state index contributed by atoms with van der Waals surface area (Å²) in [4.78, 5) is 23.3.